The summed E-state index contributed by atoms with van der Waals surface area (Å²) in [6, 6.07) is 0. The molecule has 0 saturated heterocycles. The van der Waals surface area contributed by atoms with Crippen LogP contribution in [-0.2, 0) is 28.6 Å². The molecule has 0 fully saturated rings. The van der Waals surface area contributed by atoms with E-state index in [1.54, 1.807) is 0 Å². The van der Waals surface area contributed by atoms with Crippen LogP contribution >= 0.6 is 0 Å². The van der Waals surface area contributed by atoms with Crippen molar-refractivity contribution in [2.45, 2.75) is 160 Å². The summed E-state index contributed by atoms with van der Waals surface area (Å²) in [5.74, 6) is -0.345. The van der Waals surface area contributed by atoms with Crippen molar-refractivity contribution in [3.8, 4) is 0 Å². The lowest BCUT2D eigenvalue weighted by molar-refractivity contribution is -0.150. The van der Waals surface area contributed by atoms with Gasteiger partial charge < -0.3 is 19.1 Å². The molecule has 0 aliphatic rings. The largest absolute Gasteiger partial charge is 0.469 e. The zero-order valence-corrected chi connectivity index (χ0v) is 31.3. The molecule has 276 valence electrons. The minimum absolute atomic E-state index is 0.0312. The summed E-state index contributed by atoms with van der Waals surface area (Å²) in [5, 5.41) is 0. The summed E-state index contributed by atoms with van der Waals surface area (Å²) in [7, 11) is 6.93. The Morgan fingerprint density at radius 2 is 0.875 bits per heavy atom. The molecular weight excluding hydrogens is 602 g/mol. The molecule has 0 aliphatic carbocycles. The molecule has 48 heavy (non-hydrogen) atoms. The lowest BCUT2D eigenvalue weighted by Gasteiger charge is -2.18. The molecule has 0 rings (SSSR count). The van der Waals surface area contributed by atoms with Crippen LogP contribution in [0.25, 0.3) is 0 Å². The van der Waals surface area contributed by atoms with E-state index in [0.29, 0.717) is 19.3 Å². The van der Waals surface area contributed by atoms with Crippen molar-refractivity contribution in [1.29, 1.82) is 0 Å². The summed E-state index contributed by atoms with van der Waals surface area (Å²) in [6.45, 7) is 0.913. The maximum Gasteiger partial charge on any atom is 0.306 e. The Kier molecular flexibility index (Phi) is 33.7. The molecule has 0 spiro atoms. The Balaban J connectivity index is 4.05. The number of esters is 3. The monoisotopic (exact) mass is 674 g/mol. The van der Waals surface area contributed by atoms with Crippen LogP contribution in [0, 0.1) is 0 Å². The van der Waals surface area contributed by atoms with Gasteiger partial charge in [0, 0.05) is 19.3 Å². The molecule has 7 heteroatoms. The van der Waals surface area contributed by atoms with Crippen LogP contribution in [0.5, 0.6) is 0 Å². The molecule has 0 aromatic carbocycles. The molecule has 0 atom stereocenters. The second-order valence-corrected chi connectivity index (χ2v) is 13.0. The fraction of sp³-hybridized carbons (Fsp3) is 0.732. The second-order valence-electron chi connectivity index (χ2n) is 13.0. The van der Waals surface area contributed by atoms with Gasteiger partial charge in [0.2, 0.25) is 0 Å². The van der Waals surface area contributed by atoms with Crippen molar-refractivity contribution < 1.29 is 28.6 Å². The van der Waals surface area contributed by atoms with Crippen molar-refractivity contribution in [2.75, 3.05) is 34.9 Å². The summed E-state index contributed by atoms with van der Waals surface area (Å²) in [6.07, 6.45) is 41.8. The standard InChI is InChI=1S/C41H71NO6/c1-42(2)37-31-36-41(45)48-38(32-27-23-19-15-11-7-5-9-13-17-21-25-29-34-39(43)46-3)33-28-24-20-16-12-8-6-10-14-18-22-26-30-35-40(44)47-4/h9-10,13-14,21-22,25-26,38H,5-8,11-12,15-20,23-24,27-37H2,1-4H3/b13-9-,14-10-,25-21-,26-22-. The number of nitrogens with zero attached hydrogens (tertiary/aromatic N) is 1. The van der Waals surface area contributed by atoms with Gasteiger partial charge in [-0.3, -0.25) is 14.4 Å². The lowest BCUT2D eigenvalue weighted by Crippen LogP contribution is -2.20. The van der Waals surface area contributed by atoms with Crippen LogP contribution in [0.15, 0.2) is 48.6 Å². The Hall–Kier alpha value is -2.67. The van der Waals surface area contributed by atoms with Crippen LogP contribution in [0.3, 0.4) is 0 Å². The van der Waals surface area contributed by atoms with Gasteiger partial charge in [-0.2, -0.15) is 0 Å². The van der Waals surface area contributed by atoms with Crippen LogP contribution in [0.4, 0.5) is 0 Å². The molecule has 0 unspecified atom stereocenters. The molecule has 0 aliphatic heterocycles. The highest BCUT2D eigenvalue weighted by Crippen LogP contribution is 2.18. The first-order valence-electron chi connectivity index (χ1n) is 19.0. The van der Waals surface area contributed by atoms with Gasteiger partial charge >= 0.3 is 17.9 Å². The number of methoxy groups -OCH3 is 2. The number of carbonyl (C=O) groups excluding carboxylic acids is 3. The minimum atomic E-state index is -0.157. The molecule has 7 nitrogen and oxygen atoms in total. The zero-order valence-electron chi connectivity index (χ0n) is 31.3. The van der Waals surface area contributed by atoms with E-state index in [1.807, 2.05) is 26.2 Å². The Morgan fingerprint density at radius 3 is 1.29 bits per heavy atom. The molecule has 0 amide bonds. The van der Waals surface area contributed by atoms with Crippen LogP contribution < -0.4 is 0 Å². The molecule has 0 aromatic rings. The first-order valence-corrected chi connectivity index (χ1v) is 19.0. The highest BCUT2D eigenvalue weighted by Gasteiger charge is 2.14. The average molecular weight is 674 g/mol. The third-order valence-electron chi connectivity index (χ3n) is 8.27. The van der Waals surface area contributed by atoms with Gasteiger partial charge in [-0.15, -0.1) is 0 Å². The first kappa shape index (κ1) is 45.3. The van der Waals surface area contributed by atoms with Crippen LogP contribution in [0.1, 0.15) is 154 Å². The molecule has 0 radical (unpaired) electrons. The average Bonchev–Trinajstić information content (AvgIpc) is 3.07. The zero-order chi connectivity index (χ0) is 35.3. The van der Waals surface area contributed by atoms with Crippen molar-refractivity contribution in [3.63, 3.8) is 0 Å². The van der Waals surface area contributed by atoms with Crippen molar-refractivity contribution in [2.24, 2.45) is 0 Å². The number of carbonyl (C=O) groups is 3. The van der Waals surface area contributed by atoms with Gasteiger partial charge in [0.25, 0.3) is 0 Å². The number of allylic oxidation sites excluding steroid dienone is 8. The molecule has 0 bridgehead atoms. The SMILES string of the molecule is COC(=O)CC/C=C\C/C=C\CCCCCCCCC(CCCCCCCC/C=C\C/C=C\CCC(=O)OC)OC(=O)CCCN(C)C. The van der Waals surface area contributed by atoms with E-state index in [9.17, 15) is 14.4 Å². The quantitative estimate of drug-likeness (QED) is 0.0297. The number of ether oxygens (including phenoxy) is 3. The lowest BCUT2D eigenvalue weighted by atomic mass is 10.0. The van der Waals surface area contributed by atoms with Gasteiger partial charge in [-0.25, -0.2) is 0 Å². The van der Waals surface area contributed by atoms with E-state index >= 15 is 0 Å². The van der Waals surface area contributed by atoms with Crippen LogP contribution in [-0.4, -0.2) is 63.8 Å². The number of unbranched alkanes of at least 4 members (excludes halogenated alkanes) is 12. The van der Waals surface area contributed by atoms with Crippen LogP contribution in [0.2, 0.25) is 0 Å². The molecule has 0 heterocycles. The van der Waals surface area contributed by atoms with Gasteiger partial charge in [-0.1, -0.05) is 100.0 Å². The van der Waals surface area contributed by atoms with E-state index < -0.39 is 0 Å². The van der Waals surface area contributed by atoms with E-state index in [4.69, 9.17) is 4.74 Å². The number of rotatable bonds is 33. The van der Waals surface area contributed by atoms with E-state index in [1.165, 1.54) is 78.4 Å². The predicted octanol–water partition coefficient (Wildman–Crippen LogP) is 10.4. The fourth-order valence-electron chi connectivity index (χ4n) is 5.35. The number of hydrogen-bond acceptors (Lipinski definition) is 7. The molecule has 0 aromatic heterocycles. The molecule has 0 saturated carbocycles. The second kappa shape index (κ2) is 35.6. The van der Waals surface area contributed by atoms with E-state index in [0.717, 1.165) is 77.2 Å². The summed E-state index contributed by atoms with van der Waals surface area (Å²) in [4.78, 5) is 36.8. The summed E-state index contributed by atoms with van der Waals surface area (Å²) < 4.78 is 15.2. The number of hydrogen-bond donors (Lipinski definition) is 0. The van der Waals surface area contributed by atoms with E-state index in [-0.39, 0.29) is 24.0 Å². The predicted molar refractivity (Wildman–Crippen MR) is 200 cm³/mol. The summed E-state index contributed by atoms with van der Waals surface area (Å²) in [5.41, 5.74) is 0. The van der Waals surface area contributed by atoms with Crippen molar-refractivity contribution >= 4 is 17.9 Å². The molecular formula is C41H71NO6. The fourth-order valence-corrected chi connectivity index (χ4v) is 5.35. The van der Waals surface area contributed by atoms with Crippen molar-refractivity contribution in [3.05, 3.63) is 48.6 Å². The highest BCUT2D eigenvalue weighted by atomic mass is 16.5. The maximum absolute atomic E-state index is 12.5. The van der Waals surface area contributed by atoms with Gasteiger partial charge in [0.15, 0.2) is 0 Å². The maximum atomic E-state index is 12.5. The van der Waals surface area contributed by atoms with E-state index in [2.05, 4.69) is 50.8 Å². The third-order valence-corrected chi connectivity index (χ3v) is 8.27. The van der Waals surface area contributed by atoms with Gasteiger partial charge in [-0.05, 0) is 104 Å². The normalized spacial score (nSPS) is 12.0. The molecule has 0 N–H and O–H groups in total. The van der Waals surface area contributed by atoms with Gasteiger partial charge in [0.1, 0.15) is 6.10 Å². The minimum Gasteiger partial charge on any atom is -0.469 e. The van der Waals surface area contributed by atoms with Crippen molar-refractivity contribution in [1.82, 2.24) is 4.90 Å². The first-order chi connectivity index (χ1) is 23.4. The summed E-state index contributed by atoms with van der Waals surface area (Å²) >= 11 is 0. The third kappa shape index (κ3) is 34.7. The smallest absolute Gasteiger partial charge is 0.306 e. The highest BCUT2D eigenvalue weighted by molar-refractivity contribution is 5.70. The Bertz CT molecular complexity index is 833. The Morgan fingerprint density at radius 1 is 0.479 bits per heavy atom. The Labute approximate surface area is 294 Å². The van der Waals surface area contributed by atoms with Gasteiger partial charge in [0.05, 0.1) is 14.2 Å². The topological polar surface area (TPSA) is 82.1 Å².